The van der Waals surface area contributed by atoms with Gasteiger partial charge in [0.1, 0.15) is 35.2 Å². The van der Waals surface area contributed by atoms with Gasteiger partial charge in [0.05, 0.1) is 4.92 Å². The maximum Gasteiger partial charge on any atom is 0.326 e. The monoisotopic (exact) mass is 481 g/mol. The van der Waals surface area contributed by atoms with Gasteiger partial charge >= 0.3 is 11.7 Å². The fourth-order valence-corrected chi connectivity index (χ4v) is 3.50. The first-order chi connectivity index (χ1) is 16.4. The normalized spacial score (nSPS) is 11.2. The molecule has 0 saturated carbocycles. The maximum absolute atomic E-state index is 13.3. The number of nitrogens with zero attached hydrogens (tertiary/aromatic N) is 3. The van der Waals surface area contributed by atoms with E-state index in [4.69, 9.17) is 4.74 Å². The fraction of sp³-hybridized carbons (Fsp3) is 0.333. The number of aromatic nitrogens is 2. The highest BCUT2D eigenvalue weighted by molar-refractivity contribution is 6.01. The summed E-state index contributed by atoms with van der Waals surface area (Å²) < 4.78 is 6.32. The number of rotatable bonds is 7. The third-order valence-corrected chi connectivity index (χ3v) is 5.07. The molecule has 2 heterocycles. The second-order valence-corrected chi connectivity index (χ2v) is 8.97. The van der Waals surface area contributed by atoms with Crippen LogP contribution in [0.1, 0.15) is 42.3 Å². The van der Waals surface area contributed by atoms with Gasteiger partial charge in [-0.2, -0.15) is 0 Å². The molecule has 0 bridgehead atoms. The van der Waals surface area contributed by atoms with Gasteiger partial charge in [0, 0.05) is 19.0 Å². The van der Waals surface area contributed by atoms with Crippen molar-refractivity contribution >= 4 is 34.3 Å². The number of carbonyl (C=O) groups is 2. The third kappa shape index (κ3) is 5.81. The van der Waals surface area contributed by atoms with Gasteiger partial charge in [0.25, 0.3) is 11.5 Å². The highest BCUT2D eigenvalue weighted by Crippen LogP contribution is 2.31. The minimum Gasteiger partial charge on any atom is -0.459 e. The van der Waals surface area contributed by atoms with Crippen LogP contribution in [0, 0.1) is 17.0 Å². The first-order valence-corrected chi connectivity index (χ1v) is 10.9. The van der Waals surface area contributed by atoms with Gasteiger partial charge in [-0.15, -0.1) is 0 Å². The Morgan fingerprint density at radius 1 is 1.20 bits per heavy atom. The second kappa shape index (κ2) is 9.92. The lowest BCUT2D eigenvalue weighted by molar-refractivity contribution is -0.384. The molecule has 2 N–H and O–H groups in total. The van der Waals surface area contributed by atoms with Crippen LogP contribution in [0.4, 0.5) is 11.4 Å². The number of aryl methyl sites for hydroxylation is 1. The van der Waals surface area contributed by atoms with Crippen LogP contribution in [0.5, 0.6) is 0 Å². The van der Waals surface area contributed by atoms with E-state index in [1.54, 1.807) is 20.8 Å². The number of hydrogen-bond acceptors (Lipinski definition) is 8. The smallest absolute Gasteiger partial charge is 0.326 e. The van der Waals surface area contributed by atoms with Gasteiger partial charge in [0.15, 0.2) is 0 Å². The number of hydrogen-bond donors (Lipinski definition) is 2. The lowest BCUT2D eigenvalue weighted by atomic mass is 10.1. The summed E-state index contributed by atoms with van der Waals surface area (Å²) in [6.07, 6.45) is 0.996. The summed E-state index contributed by atoms with van der Waals surface area (Å²) in [4.78, 5) is 53.8. The number of esters is 1. The first-order valence-electron chi connectivity index (χ1n) is 10.9. The number of carbonyl (C=O) groups excluding carboxylic acids is 2. The number of benzene rings is 1. The zero-order valence-corrected chi connectivity index (χ0v) is 20.2. The fourth-order valence-electron chi connectivity index (χ4n) is 3.50. The van der Waals surface area contributed by atoms with E-state index in [2.05, 4.69) is 15.6 Å². The Morgan fingerprint density at radius 2 is 1.86 bits per heavy atom. The van der Waals surface area contributed by atoms with Crippen molar-refractivity contribution in [3.05, 3.63) is 73.7 Å². The predicted octanol–water partition coefficient (Wildman–Crippen LogP) is 2.93. The van der Waals surface area contributed by atoms with E-state index in [9.17, 15) is 24.5 Å². The van der Waals surface area contributed by atoms with Gasteiger partial charge in [-0.1, -0.05) is 29.8 Å². The Labute approximate surface area is 201 Å². The predicted molar refractivity (Wildman–Crippen MR) is 130 cm³/mol. The van der Waals surface area contributed by atoms with Crippen LogP contribution in [-0.2, 0) is 22.6 Å². The molecule has 1 amide bonds. The number of anilines is 1. The quantitative estimate of drug-likeness (QED) is 0.298. The van der Waals surface area contributed by atoms with Crippen LogP contribution in [0.3, 0.4) is 0 Å². The summed E-state index contributed by atoms with van der Waals surface area (Å²) in [5.41, 5.74) is -0.243. The molecule has 184 valence electrons. The van der Waals surface area contributed by atoms with Crippen LogP contribution in [0.25, 0.3) is 11.0 Å². The molecule has 11 nitrogen and oxygen atoms in total. The van der Waals surface area contributed by atoms with Crippen LogP contribution in [0.2, 0.25) is 0 Å². The van der Waals surface area contributed by atoms with E-state index in [0.29, 0.717) is 0 Å². The molecule has 1 aromatic carbocycles. The number of nitro groups is 1. The minimum atomic E-state index is -0.804. The number of nitrogens with one attached hydrogen (secondary N) is 2. The average Bonchev–Trinajstić information content (AvgIpc) is 2.77. The van der Waals surface area contributed by atoms with Crippen molar-refractivity contribution in [2.75, 3.05) is 12.4 Å². The molecule has 35 heavy (non-hydrogen) atoms. The number of pyridine rings is 2. The Kier molecular flexibility index (Phi) is 7.18. The van der Waals surface area contributed by atoms with Crippen LogP contribution in [0.15, 0.2) is 41.3 Å². The summed E-state index contributed by atoms with van der Waals surface area (Å²) in [5.74, 6) is -1.41. The maximum atomic E-state index is 13.3. The molecule has 0 fully saturated rings. The molecule has 0 radical (unpaired) electrons. The number of fused-ring (bicyclic) bond motifs is 1. The zero-order valence-electron chi connectivity index (χ0n) is 20.2. The third-order valence-electron chi connectivity index (χ3n) is 5.07. The van der Waals surface area contributed by atoms with Gasteiger partial charge < -0.3 is 15.4 Å². The number of ether oxygens (including phenoxy) is 1. The molecular formula is C24H27N5O6. The highest BCUT2D eigenvalue weighted by atomic mass is 16.6. The lowest BCUT2D eigenvalue weighted by Gasteiger charge is -2.20. The Morgan fingerprint density at radius 3 is 2.43 bits per heavy atom. The van der Waals surface area contributed by atoms with E-state index in [1.807, 2.05) is 31.2 Å². The van der Waals surface area contributed by atoms with Gasteiger partial charge in [-0.25, -0.2) is 4.98 Å². The molecule has 2 aromatic heterocycles. The van der Waals surface area contributed by atoms with E-state index in [0.717, 1.165) is 21.9 Å². The van der Waals surface area contributed by atoms with Gasteiger partial charge in [-0.05, 0) is 39.3 Å². The van der Waals surface area contributed by atoms with E-state index in [1.165, 1.54) is 13.1 Å². The molecule has 3 aromatic rings. The molecule has 0 aliphatic heterocycles. The average molecular weight is 482 g/mol. The van der Waals surface area contributed by atoms with E-state index < -0.39 is 34.5 Å². The lowest BCUT2D eigenvalue weighted by Crippen LogP contribution is -2.36. The Hall–Kier alpha value is -4.28. The Balaban J connectivity index is 2.12. The molecule has 0 spiro atoms. The summed E-state index contributed by atoms with van der Waals surface area (Å²) in [6, 6.07) is 8.75. The molecule has 11 heteroatoms. The zero-order chi connectivity index (χ0) is 25.9. The number of amides is 1. The van der Waals surface area contributed by atoms with Crippen molar-refractivity contribution < 1.29 is 19.2 Å². The largest absolute Gasteiger partial charge is 0.459 e. The Bertz CT molecular complexity index is 1360. The van der Waals surface area contributed by atoms with Crippen LogP contribution in [-0.4, -0.2) is 39.0 Å². The van der Waals surface area contributed by atoms with Gasteiger partial charge in [0.2, 0.25) is 0 Å². The first kappa shape index (κ1) is 25.3. The summed E-state index contributed by atoms with van der Waals surface area (Å²) in [7, 11) is 1.47. The summed E-state index contributed by atoms with van der Waals surface area (Å²) in [6.45, 7) is 6.62. The van der Waals surface area contributed by atoms with Crippen molar-refractivity contribution in [1.82, 2.24) is 14.9 Å². The summed E-state index contributed by atoms with van der Waals surface area (Å²) >= 11 is 0. The molecule has 0 atom stereocenters. The van der Waals surface area contributed by atoms with Crippen molar-refractivity contribution in [3.8, 4) is 0 Å². The molecule has 0 aliphatic rings. The second-order valence-electron chi connectivity index (χ2n) is 8.97. The van der Waals surface area contributed by atoms with E-state index in [-0.39, 0.29) is 34.5 Å². The SMILES string of the molecule is CNc1c([N+](=O)[O-])cnc2c1cc(C(=O)NCc1ccc(C)cc1)c(=O)n2CC(=O)OC(C)(C)C. The topological polar surface area (TPSA) is 145 Å². The minimum absolute atomic E-state index is 0.00546. The highest BCUT2D eigenvalue weighted by Gasteiger charge is 2.25. The summed E-state index contributed by atoms with van der Waals surface area (Å²) in [5, 5.41) is 17.1. The van der Waals surface area contributed by atoms with E-state index >= 15 is 0 Å². The van der Waals surface area contributed by atoms with Crippen molar-refractivity contribution in [2.24, 2.45) is 0 Å². The standard InChI is InChI=1S/C24H27N5O6/c1-14-6-8-15(9-7-14)11-27-22(31)17-10-16-20(25-5)18(29(33)34)12-26-21(16)28(23(17)32)13-19(30)35-24(2,3)4/h6-10,12H,11,13H2,1-5H3,(H,25,26)(H,27,31). The molecule has 0 aliphatic carbocycles. The molecule has 3 rings (SSSR count). The molecular weight excluding hydrogens is 454 g/mol. The van der Waals surface area contributed by atoms with Crippen molar-refractivity contribution in [3.63, 3.8) is 0 Å². The van der Waals surface area contributed by atoms with Crippen LogP contribution >= 0.6 is 0 Å². The van der Waals surface area contributed by atoms with Crippen molar-refractivity contribution in [1.29, 1.82) is 0 Å². The molecule has 0 saturated heterocycles. The molecule has 0 unspecified atom stereocenters. The van der Waals surface area contributed by atoms with Gasteiger partial charge in [-0.3, -0.25) is 29.1 Å². The van der Waals surface area contributed by atoms with Crippen LogP contribution < -0.4 is 16.2 Å². The van der Waals surface area contributed by atoms with Crippen molar-refractivity contribution in [2.45, 2.75) is 46.4 Å².